The molecule has 0 aliphatic carbocycles. The predicted molar refractivity (Wildman–Crippen MR) is 119 cm³/mol. The quantitative estimate of drug-likeness (QED) is 0.722. The molecule has 0 saturated carbocycles. The van der Waals surface area contributed by atoms with Crippen LogP contribution in [0.15, 0.2) is 53.7 Å². The highest BCUT2D eigenvalue weighted by atomic mass is 16.6. The van der Waals surface area contributed by atoms with E-state index < -0.39 is 11.4 Å². The van der Waals surface area contributed by atoms with E-state index in [1.807, 2.05) is 36.4 Å². The van der Waals surface area contributed by atoms with E-state index in [1.54, 1.807) is 7.11 Å². The number of ether oxygens (including phenoxy) is 1. The van der Waals surface area contributed by atoms with Gasteiger partial charge in [-0.05, 0) is 56.1 Å². The number of carboxylic acid groups (broad SMARTS) is 1. The third-order valence-electron chi connectivity index (χ3n) is 6.61. The Labute approximate surface area is 183 Å². The lowest BCUT2D eigenvalue weighted by atomic mass is 9.73. The minimum atomic E-state index is -0.758. The van der Waals surface area contributed by atoms with Crippen LogP contribution in [0.25, 0.3) is 0 Å². The fourth-order valence-electron chi connectivity index (χ4n) is 4.70. The first-order valence-corrected chi connectivity index (χ1v) is 10.9. The third-order valence-corrected chi connectivity index (χ3v) is 6.61. The van der Waals surface area contributed by atoms with Gasteiger partial charge in [0.1, 0.15) is 11.9 Å². The molecule has 0 aromatic heterocycles. The molecule has 2 aromatic rings. The summed E-state index contributed by atoms with van der Waals surface area (Å²) in [5.74, 6) is 0.124. The average molecular weight is 423 g/mol. The van der Waals surface area contributed by atoms with Gasteiger partial charge in [0, 0.05) is 24.9 Å². The molecular formula is C25H30N2O4. The van der Waals surface area contributed by atoms with E-state index in [4.69, 9.17) is 9.57 Å². The first-order valence-electron chi connectivity index (χ1n) is 10.9. The summed E-state index contributed by atoms with van der Waals surface area (Å²) in [6.45, 7) is 4.36. The smallest absolute Gasteiger partial charge is 0.309 e. The lowest BCUT2D eigenvalue weighted by molar-refractivity contribution is -0.155. The Kier molecular flexibility index (Phi) is 6.28. The lowest BCUT2D eigenvalue weighted by Crippen LogP contribution is -2.45. The molecule has 1 atom stereocenters. The third kappa shape index (κ3) is 4.74. The molecule has 0 spiro atoms. The van der Waals surface area contributed by atoms with Crippen molar-refractivity contribution in [2.24, 2.45) is 10.6 Å². The number of oxime groups is 1. The van der Waals surface area contributed by atoms with E-state index >= 15 is 0 Å². The number of methoxy groups -OCH3 is 1. The Morgan fingerprint density at radius 3 is 2.71 bits per heavy atom. The number of likely N-dealkylation sites (tertiary alicyclic amines) is 1. The number of carbonyl (C=O) groups is 1. The van der Waals surface area contributed by atoms with E-state index in [-0.39, 0.29) is 6.10 Å². The molecule has 0 amide bonds. The summed E-state index contributed by atoms with van der Waals surface area (Å²) in [7, 11) is 1.67. The number of rotatable bonds is 7. The van der Waals surface area contributed by atoms with Crippen LogP contribution in [0.1, 0.15) is 42.4 Å². The van der Waals surface area contributed by atoms with Crippen molar-refractivity contribution in [3.8, 4) is 5.75 Å². The van der Waals surface area contributed by atoms with Gasteiger partial charge in [-0.15, -0.1) is 0 Å². The average Bonchev–Trinajstić information content (AvgIpc) is 3.23. The van der Waals surface area contributed by atoms with Crippen LogP contribution in [0, 0.1) is 12.3 Å². The minimum Gasteiger partial charge on any atom is -0.497 e. The van der Waals surface area contributed by atoms with Gasteiger partial charge in [0.25, 0.3) is 0 Å². The Morgan fingerprint density at radius 2 is 2.00 bits per heavy atom. The summed E-state index contributed by atoms with van der Waals surface area (Å²) >= 11 is 0. The molecule has 2 aromatic carbocycles. The van der Waals surface area contributed by atoms with Crippen molar-refractivity contribution in [1.82, 2.24) is 4.90 Å². The normalized spacial score (nSPS) is 20.7. The van der Waals surface area contributed by atoms with Gasteiger partial charge in [-0.3, -0.25) is 9.69 Å². The number of nitrogens with zero attached hydrogens (tertiary/aromatic N) is 2. The minimum absolute atomic E-state index is 0.185. The van der Waals surface area contributed by atoms with Gasteiger partial charge in [-0.2, -0.15) is 0 Å². The summed E-state index contributed by atoms with van der Waals surface area (Å²) in [4.78, 5) is 20.3. The van der Waals surface area contributed by atoms with Crippen LogP contribution in [-0.2, 0) is 16.2 Å². The van der Waals surface area contributed by atoms with Crippen molar-refractivity contribution in [1.29, 1.82) is 0 Å². The maximum atomic E-state index is 12.3. The van der Waals surface area contributed by atoms with Crippen LogP contribution in [0.3, 0.4) is 0 Å². The molecule has 2 heterocycles. The molecule has 1 saturated heterocycles. The highest BCUT2D eigenvalue weighted by Crippen LogP contribution is 2.39. The van der Waals surface area contributed by atoms with E-state index in [2.05, 4.69) is 29.1 Å². The molecule has 0 radical (unpaired) electrons. The largest absolute Gasteiger partial charge is 0.497 e. The standard InChI is InChI=1S/C25H30N2O4/c1-18-6-3-4-9-22(18)23-15-21(31-26-23)16-25(24(28)29)10-12-27(13-11-25)17-19-7-5-8-20(14-19)30-2/h3-9,14,21H,10-13,15-17H2,1-2H3,(H,28,29)/t21-/m1/s1. The number of aryl methyl sites for hydroxylation is 1. The zero-order valence-corrected chi connectivity index (χ0v) is 18.2. The summed E-state index contributed by atoms with van der Waals surface area (Å²) in [6, 6.07) is 16.1. The first kappa shape index (κ1) is 21.4. The van der Waals surface area contributed by atoms with Gasteiger partial charge < -0.3 is 14.7 Å². The lowest BCUT2D eigenvalue weighted by Gasteiger charge is -2.39. The van der Waals surface area contributed by atoms with Gasteiger partial charge in [0.05, 0.1) is 18.2 Å². The molecule has 2 aliphatic heterocycles. The highest BCUT2D eigenvalue weighted by molar-refractivity contribution is 6.02. The molecule has 164 valence electrons. The number of hydrogen-bond donors (Lipinski definition) is 1. The maximum Gasteiger partial charge on any atom is 0.309 e. The van der Waals surface area contributed by atoms with Gasteiger partial charge in [-0.1, -0.05) is 41.6 Å². The van der Waals surface area contributed by atoms with Crippen LogP contribution >= 0.6 is 0 Å². The number of piperidine rings is 1. The van der Waals surface area contributed by atoms with Gasteiger partial charge in [-0.25, -0.2) is 0 Å². The Balaban J connectivity index is 1.36. The molecule has 31 heavy (non-hydrogen) atoms. The van der Waals surface area contributed by atoms with Crippen molar-refractivity contribution < 1.29 is 19.5 Å². The van der Waals surface area contributed by atoms with Crippen LogP contribution in [0.5, 0.6) is 5.75 Å². The second kappa shape index (κ2) is 9.10. The summed E-state index contributed by atoms with van der Waals surface area (Å²) in [5, 5.41) is 14.4. The van der Waals surface area contributed by atoms with Crippen molar-refractivity contribution >= 4 is 11.7 Å². The number of hydrogen-bond acceptors (Lipinski definition) is 5. The Hall–Kier alpha value is -2.86. The topological polar surface area (TPSA) is 71.4 Å². The maximum absolute atomic E-state index is 12.3. The number of aliphatic carboxylic acids is 1. The van der Waals surface area contributed by atoms with E-state index in [9.17, 15) is 9.90 Å². The Morgan fingerprint density at radius 1 is 1.23 bits per heavy atom. The molecule has 1 fully saturated rings. The van der Waals surface area contributed by atoms with Crippen molar-refractivity contribution in [2.45, 2.75) is 45.3 Å². The van der Waals surface area contributed by atoms with Crippen LogP contribution in [0.2, 0.25) is 0 Å². The molecule has 1 N–H and O–H groups in total. The van der Waals surface area contributed by atoms with Gasteiger partial charge in [0.15, 0.2) is 0 Å². The predicted octanol–water partition coefficient (Wildman–Crippen LogP) is 4.25. The van der Waals surface area contributed by atoms with Gasteiger partial charge in [0.2, 0.25) is 0 Å². The molecule has 6 heteroatoms. The van der Waals surface area contributed by atoms with Crippen molar-refractivity contribution in [3.05, 3.63) is 65.2 Å². The van der Waals surface area contributed by atoms with Crippen LogP contribution in [0.4, 0.5) is 0 Å². The molecule has 6 nitrogen and oxygen atoms in total. The first-order chi connectivity index (χ1) is 15.0. The molecule has 0 unspecified atom stereocenters. The zero-order chi connectivity index (χ0) is 21.8. The van der Waals surface area contributed by atoms with Crippen molar-refractivity contribution in [3.63, 3.8) is 0 Å². The molecule has 0 bridgehead atoms. The van der Waals surface area contributed by atoms with Crippen LogP contribution < -0.4 is 4.74 Å². The highest BCUT2D eigenvalue weighted by Gasteiger charge is 2.44. The molecule has 2 aliphatic rings. The second-order valence-corrected chi connectivity index (χ2v) is 8.70. The SMILES string of the molecule is COc1cccc(CN2CCC(C[C@H]3CC(c4ccccc4C)=NO3)(C(=O)O)CC2)c1. The van der Waals surface area contributed by atoms with E-state index in [1.165, 1.54) is 5.56 Å². The van der Waals surface area contributed by atoms with E-state index in [0.29, 0.717) is 25.7 Å². The fourth-order valence-corrected chi connectivity index (χ4v) is 4.70. The second-order valence-electron chi connectivity index (χ2n) is 8.70. The monoisotopic (exact) mass is 422 g/mol. The Bertz CT molecular complexity index is 963. The zero-order valence-electron chi connectivity index (χ0n) is 18.2. The molecule has 4 rings (SSSR count). The summed E-state index contributed by atoms with van der Waals surface area (Å²) < 4.78 is 5.31. The fraction of sp³-hybridized carbons (Fsp3) is 0.440. The summed E-state index contributed by atoms with van der Waals surface area (Å²) in [6.07, 6.45) is 2.20. The summed E-state index contributed by atoms with van der Waals surface area (Å²) in [5.41, 5.74) is 3.58. The van der Waals surface area contributed by atoms with Crippen LogP contribution in [-0.4, -0.2) is 48.0 Å². The number of benzene rings is 2. The number of carboxylic acids is 1. The van der Waals surface area contributed by atoms with Crippen molar-refractivity contribution in [2.75, 3.05) is 20.2 Å². The molecular weight excluding hydrogens is 392 g/mol. The van der Waals surface area contributed by atoms with Gasteiger partial charge >= 0.3 is 5.97 Å². The van der Waals surface area contributed by atoms with E-state index in [0.717, 1.165) is 42.2 Å².